The topological polar surface area (TPSA) is 101 Å². The monoisotopic (exact) mass is 495 g/mol. The Bertz CT molecular complexity index is 1220. The molecule has 0 aliphatic heterocycles. The predicted octanol–water partition coefficient (Wildman–Crippen LogP) is 4.87. The fraction of sp³-hybridized carbons (Fsp3) is 0.200. The molecule has 0 fully saturated rings. The number of halogens is 2. The zero-order valence-electron chi connectivity index (χ0n) is 16.4. The largest absolute Gasteiger partial charge is 0.337 e. The Morgan fingerprint density at radius 3 is 2.60 bits per heavy atom. The summed E-state index contributed by atoms with van der Waals surface area (Å²) >= 11 is 3.14. The van der Waals surface area contributed by atoms with Gasteiger partial charge in [-0.1, -0.05) is 40.1 Å². The molecule has 0 aliphatic rings. The van der Waals surface area contributed by atoms with Crippen molar-refractivity contribution in [3.8, 4) is 11.1 Å². The van der Waals surface area contributed by atoms with Gasteiger partial charge in [0.05, 0.1) is 21.8 Å². The van der Waals surface area contributed by atoms with Crippen molar-refractivity contribution < 1.29 is 22.1 Å². The second kappa shape index (κ2) is 8.57. The molecule has 0 saturated heterocycles. The van der Waals surface area contributed by atoms with Gasteiger partial charge in [0.25, 0.3) is 10.0 Å². The fourth-order valence-electron chi connectivity index (χ4n) is 2.92. The highest BCUT2D eigenvalue weighted by Gasteiger charge is 2.23. The van der Waals surface area contributed by atoms with Gasteiger partial charge in [0.15, 0.2) is 0 Å². The van der Waals surface area contributed by atoms with Crippen LogP contribution in [0.4, 0.5) is 16.0 Å². The maximum atomic E-state index is 14.2. The van der Waals surface area contributed by atoms with Crippen LogP contribution in [-0.4, -0.2) is 19.5 Å². The summed E-state index contributed by atoms with van der Waals surface area (Å²) in [5, 5.41) is 6.52. The van der Waals surface area contributed by atoms with Gasteiger partial charge >= 0.3 is 0 Å². The molecule has 3 aromatic rings. The van der Waals surface area contributed by atoms with Crippen LogP contribution in [0.2, 0.25) is 0 Å². The number of amides is 1. The zero-order valence-corrected chi connectivity index (χ0v) is 18.8. The van der Waals surface area contributed by atoms with Gasteiger partial charge in [0.2, 0.25) is 11.8 Å². The Morgan fingerprint density at radius 1 is 1.23 bits per heavy atom. The minimum absolute atomic E-state index is 0.0284. The lowest BCUT2D eigenvalue weighted by Gasteiger charge is -2.13. The van der Waals surface area contributed by atoms with Crippen molar-refractivity contribution in [3.05, 3.63) is 57.9 Å². The SMILES string of the molecule is CCc1noc(NC(C)=O)c1-c1ccc(C)c(S(=O)(=O)Nc2ccc(Br)cc2F)c1. The van der Waals surface area contributed by atoms with E-state index in [9.17, 15) is 17.6 Å². The van der Waals surface area contributed by atoms with Gasteiger partial charge < -0.3 is 4.52 Å². The Hall–Kier alpha value is -2.72. The molecule has 0 spiro atoms. The van der Waals surface area contributed by atoms with Gasteiger partial charge in [-0.2, -0.15) is 0 Å². The van der Waals surface area contributed by atoms with Gasteiger partial charge in [0, 0.05) is 11.4 Å². The number of rotatable bonds is 6. The first kappa shape index (κ1) is 22.0. The van der Waals surface area contributed by atoms with Crippen LogP contribution in [0.1, 0.15) is 25.1 Å². The molecule has 1 heterocycles. The molecule has 1 aromatic heterocycles. The third-order valence-electron chi connectivity index (χ3n) is 4.33. The van der Waals surface area contributed by atoms with Crippen LogP contribution in [0.5, 0.6) is 0 Å². The van der Waals surface area contributed by atoms with Crippen molar-refractivity contribution in [1.29, 1.82) is 0 Å². The number of carbonyl (C=O) groups excluding carboxylic acids is 1. The van der Waals surface area contributed by atoms with Gasteiger partial charge in [0.1, 0.15) is 5.82 Å². The van der Waals surface area contributed by atoms with E-state index >= 15 is 0 Å². The molecule has 3 rings (SSSR count). The van der Waals surface area contributed by atoms with Crippen molar-refractivity contribution >= 4 is 43.4 Å². The number of aromatic nitrogens is 1. The van der Waals surface area contributed by atoms with Crippen molar-refractivity contribution in [2.75, 3.05) is 10.0 Å². The number of nitrogens with zero attached hydrogens (tertiary/aromatic N) is 1. The standard InChI is InChI=1S/C20H19BrFN3O4S/c1-4-16-19(20(29-24-16)23-12(3)26)13-6-5-11(2)18(9-13)30(27,28)25-17-8-7-14(21)10-15(17)22/h5-10,25H,4H2,1-3H3,(H,23,26). The number of anilines is 2. The summed E-state index contributed by atoms with van der Waals surface area (Å²) < 4.78 is 48.2. The first-order valence-electron chi connectivity index (χ1n) is 8.97. The van der Waals surface area contributed by atoms with E-state index in [-0.39, 0.29) is 22.4 Å². The molecule has 30 heavy (non-hydrogen) atoms. The second-order valence-electron chi connectivity index (χ2n) is 6.58. The first-order valence-corrected chi connectivity index (χ1v) is 11.2. The minimum Gasteiger partial charge on any atom is -0.337 e. The molecule has 0 saturated carbocycles. The van der Waals surface area contributed by atoms with E-state index in [0.717, 1.165) is 0 Å². The summed E-state index contributed by atoms with van der Waals surface area (Å²) in [6, 6.07) is 8.84. The third kappa shape index (κ3) is 4.54. The number of hydrogen-bond donors (Lipinski definition) is 2. The Labute approximate surface area is 181 Å². The minimum atomic E-state index is -4.09. The van der Waals surface area contributed by atoms with Gasteiger partial charge in [-0.25, -0.2) is 12.8 Å². The Kier molecular flexibility index (Phi) is 6.27. The lowest BCUT2D eigenvalue weighted by atomic mass is 10.0. The quantitative estimate of drug-likeness (QED) is 0.507. The molecule has 0 aliphatic carbocycles. The molecule has 0 bridgehead atoms. The maximum absolute atomic E-state index is 14.2. The van der Waals surface area contributed by atoms with E-state index < -0.39 is 15.8 Å². The van der Waals surface area contributed by atoms with Crippen molar-refractivity contribution in [1.82, 2.24) is 5.16 Å². The molecule has 1 amide bonds. The summed E-state index contributed by atoms with van der Waals surface area (Å²) in [5.74, 6) is -0.914. The molecule has 0 unspecified atom stereocenters. The molecule has 0 atom stereocenters. The average Bonchev–Trinajstić information content (AvgIpc) is 3.06. The van der Waals surface area contributed by atoms with Crippen LogP contribution in [0.15, 0.2) is 50.3 Å². The second-order valence-corrected chi connectivity index (χ2v) is 9.14. The highest BCUT2D eigenvalue weighted by molar-refractivity contribution is 9.10. The van der Waals surface area contributed by atoms with E-state index in [2.05, 4.69) is 31.1 Å². The summed E-state index contributed by atoms with van der Waals surface area (Å²) in [4.78, 5) is 11.5. The number of hydrogen-bond acceptors (Lipinski definition) is 5. The van der Waals surface area contributed by atoms with Crippen molar-refractivity contribution in [2.24, 2.45) is 0 Å². The maximum Gasteiger partial charge on any atom is 0.262 e. The molecular weight excluding hydrogens is 477 g/mol. The first-order chi connectivity index (χ1) is 14.1. The van der Waals surface area contributed by atoms with Crippen LogP contribution in [0.25, 0.3) is 11.1 Å². The highest BCUT2D eigenvalue weighted by Crippen LogP contribution is 2.35. The lowest BCUT2D eigenvalue weighted by Crippen LogP contribution is -2.15. The van der Waals surface area contributed by atoms with Crippen LogP contribution < -0.4 is 10.0 Å². The summed E-state index contributed by atoms with van der Waals surface area (Å²) in [5.41, 5.74) is 1.87. The Morgan fingerprint density at radius 2 is 1.97 bits per heavy atom. The van der Waals surface area contributed by atoms with Crippen molar-refractivity contribution in [3.63, 3.8) is 0 Å². The van der Waals surface area contributed by atoms with E-state index in [0.29, 0.717) is 33.3 Å². The number of carbonyl (C=O) groups is 1. The smallest absolute Gasteiger partial charge is 0.262 e. The van der Waals surface area contributed by atoms with Crippen LogP contribution >= 0.6 is 15.9 Å². The van der Waals surface area contributed by atoms with Gasteiger partial charge in [-0.15, -0.1) is 0 Å². The van der Waals surface area contributed by atoms with Gasteiger partial charge in [-0.3, -0.25) is 14.8 Å². The molecular formula is C20H19BrFN3O4S. The van der Waals surface area contributed by atoms with Crippen LogP contribution in [0.3, 0.4) is 0 Å². The van der Waals surface area contributed by atoms with Crippen LogP contribution in [0, 0.1) is 12.7 Å². The Balaban J connectivity index is 2.08. The van der Waals surface area contributed by atoms with Crippen molar-refractivity contribution in [2.45, 2.75) is 32.1 Å². The summed E-state index contributed by atoms with van der Waals surface area (Å²) in [6.07, 6.45) is 0.511. The molecule has 2 N–H and O–H groups in total. The third-order valence-corrected chi connectivity index (χ3v) is 6.33. The summed E-state index contributed by atoms with van der Waals surface area (Å²) in [6.45, 7) is 4.83. The average molecular weight is 496 g/mol. The van der Waals surface area contributed by atoms with Gasteiger partial charge in [-0.05, 0) is 48.7 Å². The molecule has 2 aromatic carbocycles. The predicted molar refractivity (Wildman–Crippen MR) is 115 cm³/mol. The van der Waals surface area contributed by atoms with E-state index in [1.54, 1.807) is 19.1 Å². The number of nitrogens with one attached hydrogen (secondary N) is 2. The molecule has 0 radical (unpaired) electrons. The fourth-order valence-corrected chi connectivity index (χ4v) is 4.60. The molecule has 7 nitrogen and oxygen atoms in total. The summed E-state index contributed by atoms with van der Waals surface area (Å²) in [7, 11) is -4.09. The molecule has 10 heteroatoms. The van der Waals surface area contributed by atoms with E-state index in [1.165, 1.54) is 31.2 Å². The lowest BCUT2D eigenvalue weighted by molar-refractivity contribution is -0.114. The number of aryl methyl sites for hydroxylation is 2. The van der Waals surface area contributed by atoms with E-state index in [1.807, 2.05) is 6.92 Å². The van der Waals surface area contributed by atoms with E-state index in [4.69, 9.17) is 4.52 Å². The normalized spacial score (nSPS) is 11.4. The highest BCUT2D eigenvalue weighted by atomic mass is 79.9. The number of benzene rings is 2. The van der Waals surface area contributed by atoms with Crippen LogP contribution in [-0.2, 0) is 21.2 Å². The zero-order chi connectivity index (χ0) is 22.1. The molecule has 158 valence electrons. The number of sulfonamides is 1.